The van der Waals surface area contributed by atoms with E-state index in [0.717, 1.165) is 31.0 Å². The van der Waals surface area contributed by atoms with Crippen LogP contribution in [-0.2, 0) is 6.54 Å². The molecule has 1 aliphatic carbocycles. The van der Waals surface area contributed by atoms with Crippen molar-refractivity contribution in [1.82, 2.24) is 9.78 Å². The quantitative estimate of drug-likeness (QED) is 0.841. The van der Waals surface area contributed by atoms with Gasteiger partial charge in [-0.3, -0.25) is 4.68 Å². The van der Waals surface area contributed by atoms with Gasteiger partial charge in [0.2, 0.25) is 0 Å². The van der Waals surface area contributed by atoms with Crippen LogP contribution >= 0.6 is 0 Å². The van der Waals surface area contributed by atoms with Crippen molar-refractivity contribution in [3.63, 3.8) is 0 Å². The number of nitrogens with zero attached hydrogens (tertiary/aromatic N) is 2. The summed E-state index contributed by atoms with van der Waals surface area (Å²) in [7, 11) is 0. The van der Waals surface area contributed by atoms with Gasteiger partial charge in [0.25, 0.3) is 0 Å². The molecule has 20 heavy (non-hydrogen) atoms. The first-order chi connectivity index (χ1) is 9.66. The maximum atomic E-state index is 10.9. The number of hydrogen-bond acceptors (Lipinski definition) is 3. The third kappa shape index (κ3) is 2.91. The molecule has 1 aromatic rings. The Balaban J connectivity index is 2.12. The van der Waals surface area contributed by atoms with Crippen LogP contribution in [-0.4, -0.2) is 21.4 Å². The fourth-order valence-corrected chi connectivity index (χ4v) is 3.69. The van der Waals surface area contributed by atoms with Crippen molar-refractivity contribution in [2.45, 2.75) is 65.0 Å². The number of hydrogen-bond donors (Lipinski definition) is 2. The van der Waals surface area contributed by atoms with Crippen LogP contribution in [0.1, 0.15) is 64.2 Å². The molecule has 1 atom stereocenters. The lowest BCUT2D eigenvalue weighted by Crippen LogP contribution is -2.41. The van der Waals surface area contributed by atoms with Crippen LogP contribution < -0.4 is 5.73 Å². The molecule has 1 saturated carbocycles. The van der Waals surface area contributed by atoms with Gasteiger partial charge in [0.15, 0.2) is 0 Å². The molecule has 1 aromatic heterocycles. The summed E-state index contributed by atoms with van der Waals surface area (Å²) in [5.74, 6) is 0.822. The Morgan fingerprint density at radius 1 is 1.45 bits per heavy atom. The van der Waals surface area contributed by atoms with Crippen molar-refractivity contribution in [1.29, 1.82) is 0 Å². The summed E-state index contributed by atoms with van der Waals surface area (Å²) in [6.45, 7) is 5.65. The van der Waals surface area contributed by atoms with Crippen molar-refractivity contribution < 1.29 is 5.11 Å². The molecule has 0 bridgehead atoms. The highest BCUT2D eigenvalue weighted by atomic mass is 16.3. The van der Waals surface area contributed by atoms with E-state index in [1.54, 1.807) is 6.20 Å². The van der Waals surface area contributed by atoms with Crippen molar-refractivity contribution >= 4 is 0 Å². The molecule has 0 aliphatic heterocycles. The standard InChI is InChI=1S/C16H29N3O/c1-3-5-13-6-9-16(12-17,10-7-13)15(20)14-8-11-18-19(14)4-2/h8,11,13,15,20H,3-7,9-10,12,17H2,1-2H3. The maximum absolute atomic E-state index is 10.9. The predicted molar refractivity (Wildman–Crippen MR) is 81.2 cm³/mol. The second kappa shape index (κ2) is 6.72. The Hall–Kier alpha value is -0.870. The van der Waals surface area contributed by atoms with Crippen LogP contribution in [0.5, 0.6) is 0 Å². The molecule has 2 rings (SSSR count). The molecule has 0 radical (unpaired) electrons. The summed E-state index contributed by atoms with van der Waals surface area (Å²) in [5.41, 5.74) is 6.83. The van der Waals surface area contributed by atoms with Gasteiger partial charge >= 0.3 is 0 Å². The summed E-state index contributed by atoms with van der Waals surface area (Å²) in [5, 5.41) is 15.1. The highest BCUT2D eigenvalue weighted by Gasteiger charge is 2.41. The average Bonchev–Trinajstić information content (AvgIpc) is 2.96. The molecular formula is C16H29N3O. The van der Waals surface area contributed by atoms with Gasteiger partial charge < -0.3 is 10.8 Å². The van der Waals surface area contributed by atoms with E-state index < -0.39 is 6.10 Å². The Morgan fingerprint density at radius 3 is 2.70 bits per heavy atom. The summed E-state index contributed by atoms with van der Waals surface area (Å²) < 4.78 is 1.89. The van der Waals surface area contributed by atoms with Crippen LogP contribution in [0.25, 0.3) is 0 Å². The van der Waals surface area contributed by atoms with Crippen molar-refractivity contribution in [2.24, 2.45) is 17.1 Å². The van der Waals surface area contributed by atoms with Gasteiger partial charge in [0.1, 0.15) is 6.10 Å². The van der Waals surface area contributed by atoms with E-state index in [0.29, 0.717) is 6.54 Å². The zero-order valence-corrected chi connectivity index (χ0v) is 12.9. The SMILES string of the molecule is CCCC1CCC(CN)(C(O)c2ccnn2CC)CC1. The number of rotatable bonds is 6. The second-order valence-electron chi connectivity index (χ2n) is 6.27. The van der Waals surface area contributed by atoms with Gasteiger partial charge in [-0.1, -0.05) is 19.8 Å². The number of nitrogens with two attached hydrogens (primary N) is 1. The van der Waals surface area contributed by atoms with Gasteiger partial charge in [-0.25, -0.2) is 0 Å². The molecule has 1 fully saturated rings. The molecule has 4 heteroatoms. The highest BCUT2D eigenvalue weighted by Crippen LogP contribution is 2.47. The van der Waals surface area contributed by atoms with Crippen molar-refractivity contribution in [3.05, 3.63) is 18.0 Å². The number of aliphatic hydroxyl groups excluding tert-OH is 1. The smallest absolute Gasteiger partial charge is 0.102 e. The molecule has 3 N–H and O–H groups in total. The Kier molecular flexibility index (Phi) is 5.22. The van der Waals surface area contributed by atoms with Gasteiger partial charge in [0, 0.05) is 24.7 Å². The van der Waals surface area contributed by atoms with Crippen LogP contribution in [0.3, 0.4) is 0 Å². The Morgan fingerprint density at radius 2 is 2.15 bits per heavy atom. The minimum absolute atomic E-state index is 0.156. The van der Waals surface area contributed by atoms with E-state index in [1.807, 2.05) is 10.7 Å². The summed E-state index contributed by atoms with van der Waals surface area (Å²) in [4.78, 5) is 0. The van der Waals surface area contributed by atoms with E-state index in [2.05, 4.69) is 18.9 Å². The lowest BCUT2D eigenvalue weighted by atomic mass is 9.66. The summed E-state index contributed by atoms with van der Waals surface area (Å²) >= 11 is 0. The molecule has 1 heterocycles. The third-order valence-corrected chi connectivity index (χ3v) is 5.11. The first-order valence-corrected chi connectivity index (χ1v) is 8.06. The normalized spacial score (nSPS) is 28.5. The van der Waals surface area contributed by atoms with Gasteiger partial charge in [-0.15, -0.1) is 0 Å². The van der Waals surface area contributed by atoms with Crippen molar-refractivity contribution in [2.75, 3.05) is 6.54 Å². The Bertz CT molecular complexity index is 408. The molecule has 0 aromatic carbocycles. The monoisotopic (exact) mass is 279 g/mol. The van der Waals surface area contributed by atoms with Gasteiger partial charge in [0.05, 0.1) is 5.69 Å². The Labute approximate surface area is 122 Å². The predicted octanol–water partition coefficient (Wildman–Crippen LogP) is 2.87. The average molecular weight is 279 g/mol. The lowest BCUT2D eigenvalue weighted by molar-refractivity contribution is -0.0160. The molecule has 114 valence electrons. The van der Waals surface area contributed by atoms with E-state index in [9.17, 15) is 5.11 Å². The van der Waals surface area contributed by atoms with Gasteiger partial charge in [-0.2, -0.15) is 5.10 Å². The largest absolute Gasteiger partial charge is 0.386 e. The number of aryl methyl sites for hydroxylation is 1. The van der Waals surface area contributed by atoms with Crippen molar-refractivity contribution in [3.8, 4) is 0 Å². The summed E-state index contributed by atoms with van der Waals surface area (Å²) in [6.07, 6.45) is 8.31. The molecule has 4 nitrogen and oxygen atoms in total. The van der Waals surface area contributed by atoms with E-state index in [4.69, 9.17) is 5.73 Å². The highest BCUT2D eigenvalue weighted by molar-refractivity contribution is 5.10. The fraction of sp³-hybridized carbons (Fsp3) is 0.812. The topological polar surface area (TPSA) is 64.1 Å². The van der Waals surface area contributed by atoms with Gasteiger partial charge in [-0.05, 0) is 44.6 Å². The first-order valence-electron chi connectivity index (χ1n) is 8.06. The zero-order valence-electron chi connectivity index (χ0n) is 12.9. The minimum Gasteiger partial charge on any atom is -0.386 e. The number of aliphatic hydroxyl groups is 1. The van der Waals surface area contributed by atoms with E-state index >= 15 is 0 Å². The third-order valence-electron chi connectivity index (χ3n) is 5.11. The second-order valence-corrected chi connectivity index (χ2v) is 6.27. The summed E-state index contributed by atoms with van der Waals surface area (Å²) in [6, 6.07) is 1.93. The van der Waals surface area contributed by atoms with Crippen LogP contribution in [0, 0.1) is 11.3 Å². The van der Waals surface area contributed by atoms with Crippen LogP contribution in [0.2, 0.25) is 0 Å². The molecule has 1 unspecified atom stereocenters. The molecule has 0 saturated heterocycles. The number of aromatic nitrogens is 2. The van der Waals surface area contributed by atoms with E-state index in [-0.39, 0.29) is 5.41 Å². The molecule has 1 aliphatic rings. The maximum Gasteiger partial charge on any atom is 0.102 e. The van der Waals surface area contributed by atoms with Crippen LogP contribution in [0.4, 0.5) is 0 Å². The zero-order chi connectivity index (χ0) is 14.6. The van der Waals surface area contributed by atoms with E-state index in [1.165, 1.54) is 25.7 Å². The molecule has 0 spiro atoms. The minimum atomic E-state index is -0.488. The molecular weight excluding hydrogens is 250 g/mol. The fourth-order valence-electron chi connectivity index (χ4n) is 3.69. The molecule has 0 amide bonds. The first kappa shape index (κ1) is 15.5. The lowest BCUT2D eigenvalue weighted by Gasteiger charge is -2.42. The van der Waals surface area contributed by atoms with Crippen LogP contribution in [0.15, 0.2) is 12.3 Å².